The van der Waals surface area contributed by atoms with Crippen LogP contribution in [0.25, 0.3) is 0 Å². The van der Waals surface area contributed by atoms with Crippen molar-refractivity contribution in [3.8, 4) is 0 Å². The summed E-state index contributed by atoms with van der Waals surface area (Å²) >= 11 is 4.91. The van der Waals surface area contributed by atoms with E-state index in [2.05, 4.69) is 9.80 Å². The Labute approximate surface area is 108 Å². The van der Waals surface area contributed by atoms with Crippen LogP contribution < -0.4 is 5.73 Å². The minimum absolute atomic E-state index is 0.104. The Morgan fingerprint density at radius 2 is 2.00 bits per heavy atom. The summed E-state index contributed by atoms with van der Waals surface area (Å²) in [6.07, 6.45) is 0.963. The number of likely N-dealkylation sites (N-methyl/N-ethyl adjacent to an activating group) is 1. The van der Waals surface area contributed by atoms with Gasteiger partial charge in [0.25, 0.3) is 0 Å². The number of likely N-dealkylation sites (tertiary alicyclic amines) is 1. The molecule has 0 spiro atoms. The zero-order valence-electron chi connectivity index (χ0n) is 10.3. The van der Waals surface area contributed by atoms with Gasteiger partial charge < -0.3 is 10.6 Å². The molecule has 17 heavy (non-hydrogen) atoms. The van der Waals surface area contributed by atoms with Gasteiger partial charge in [0, 0.05) is 46.3 Å². The van der Waals surface area contributed by atoms with E-state index in [1.807, 2.05) is 11.9 Å². The van der Waals surface area contributed by atoms with Crippen molar-refractivity contribution in [2.45, 2.75) is 12.5 Å². The number of rotatable bonds is 3. The minimum Gasteiger partial charge on any atom is -0.392 e. The van der Waals surface area contributed by atoms with E-state index in [0.717, 1.165) is 39.1 Å². The molecule has 2 aliphatic heterocycles. The molecule has 2 N–H and O–H groups in total. The molecular weight excluding hydrogens is 236 g/mol. The first-order chi connectivity index (χ1) is 8.08. The molecular formula is C11H20N4OS. The highest BCUT2D eigenvalue weighted by atomic mass is 32.1. The molecule has 0 aromatic carbocycles. The smallest absolute Gasteiger partial charge is 0.239 e. The molecule has 0 saturated carbocycles. The second-order valence-electron chi connectivity index (χ2n) is 4.84. The Kier molecular flexibility index (Phi) is 3.96. The van der Waals surface area contributed by atoms with Gasteiger partial charge in [-0.25, -0.2) is 0 Å². The molecule has 2 rings (SSSR count). The number of carbonyl (C=O) groups is 1. The third-order valence-corrected chi connectivity index (χ3v) is 3.76. The van der Waals surface area contributed by atoms with Gasteiger partial charge in [-0.05, 0) is 6.42 Å². The second kappa shape index (κ2) is 5.29. The van der Waals surface area contributed by atoms with E-state index in [9.17, 15) is 4.79 Å². The van der Waals surface area contributed by atoms with Crippen LogP contribution in [0.5, 0.6) is 0 Å². The number of nitrogens with zero attached hydrogens (tertiary/aromatic N) is 3. The molecule has 0 bridgehead atoms. The first-order valence-electron chi connectivity index (χ1n) is 6.07. The molecule has 0 aromatic heterocycles. The molecule has 2 heterocycles. The van der Waals surface area contributed by atoms with Crippen LogP contribution in [-0.2, 0) is 4.79 Å². The maximum absolute atomic E-state index is 11.9. The first-order valence-corrected chi connectivity index (χ1v) is 6.48. The third kappa shape index (κ3) is 2.94. The molecule has 1 atom stereocenters. The lowest BCUT2D eigenvalue weighted by Gasteiger charge is -2.36. The quantitative estimate of drug-likeness (QED) is 0.665. The van der Waals surface area contributed by atoms with E-state index < -0.39 is 0 Å². The van der Waals surface area contributed by atoms with Crippen LogP contribution >= 0.6 is 12.2 Å². The normalized spacial score (nSPS) is 27.7. The van der Waals surface area contributed by atoms with Gasteiger partial charge in [0.15, 0.2) is 0 Å². The van der Waals surface area contributed by atoms with Gasteiger partial charge >= 0.3 is 0 Å². The number of amides is 1. The number of nitrogens with two attached hydrogens (primary N) is 1. The largest absolute Gasteiger partial charge is 0.392 e. The van der Waals surface area contributed by atoms with Crippen molar-refractivity contribution >= 4 is 23.1 Å². The van der Waals surface area contributed by atoms with Crippen LogP contribution in [0.4, 0.5) is 0 Å². The van der Waals surface area contributed by atoms with E-state index >= 15 is 0 Å². The van der Waals surface area contributed by atoms with Gasteiger partial charge in [-0.15, -0.1) is 0 Å². The zero-order chi connectivity index (χ0) is 12.4. The number of piperazine rings is 1. The fraction of sp³-hybridized carbons (Fsp3) is 0.818. The van der Waals surface area contributed by atoms with Crippen molar-refractivity contribution in [2.24, 2.45) is 5.73 Å². The first kappa shape index (κ1) is 12.7. The van der Waals surface area contributed by atoms with Crippen molar-refractivity contribution < 1.29 is 4.79 Å². The highest BCUT2D eigenvalue weighted by molar-refractivity contribution is 7.80. The predicted molar refractivity (Wildman–Crippen MR) is 70.8 cm³/mol. The fourth-order valence-electron chi connectivity index (χ4n) is 2.60. The summed E-state index contributed by atoms with van der Waals surface area (Å²) < 4.78 is 0. The van der Waals surface area contributed by atoms with Crippen molar-refractivity contribution in [1.82, 2.24) is 14.7 Å². The van der Waals surface area contributed by atoms with Crippen LogP contribution in [0.1, 0.15) is 6.42 Å². The predicted octanol–water partition coefficient (Wildman–Crippen LogP) is -0.879. The molecule has 2 aliphatic rings. The van der Waals surface area contributed by atoms with Gasteiger partial charge in [0.1, 0.15) is 0 Å². The van der Waals surface area contributed by atoms with Gasteiger partial charge in [-0.2, -0.15) is 0 Å². The highest BCUT2D eigenvalue weighted by Gasteiger charge is 2.35. The lowest BCUT2D eigenvalue weighted by Crippen LogP contribution is -2.53. The lowest BCUT2D eigenvalue weighted by atomic mass is 10.2. The number of carbonyl (C=O) groups excluding carboxylic acids is 1. The van der Waals surface area contributed by atoms with Crippen LogP contribution in [0.3, 0.4) is 0 Å². The van der Waals surface area contributed by atoms with Gasteiger partial charge in [0.05, 0.1) is 11.0 Å². The average Bonchev–Trinajstić information content (AvgIpc) is 2.60. The molecule has 1 amide bonds. The molecule has 0 aliphatic carbocycles. The molecule has 6 heteroatoms. The summed E-state index contributed by atoms with van der Waals surface area (Å²) in [5.74, 6) is 0.271. The van der Waals surface area contributed by atoms with Crippen LogP contribution in [0.2, 0.25) is 0 Å². The molecule has 2 fully saturated rings. The number of hydrogen-bond donors (Lipinski definition) is 1. The van der Waals surface area contributed by atoms with Gasteiger partial charge in [-0.3, -0.25) is 14.6 Å². The average molecular weight is 256 g/mol. The fourth-order valence-corrected chi connectivity index (χ4v) is 2.78. The summed E-state index contributed by atoms with van der Waals surface area (Å²) in [6.45, 7) is 5.35. The van der Waals surface area contributed by atoms with Crippen LogP contribution in [-0.4, -0.2) is 78.0 Å². The molecule has 5 nitrogen and oxygen atoms in total. The monoisotopic (exact) mass is 256 g/mol. The number of thiocarbonyl (C=S) groups is 1. The maximum Gasteiger partial charge on any atom is 0.239 e. The maximum atomic E-state index is 11.9. The van der Waals surface area contributed by atoms with Gasteiger partial charge in [0.2, 0.25) is 5.91 Å². The Morgan fingerprint density at radius 3 is 2.47 bits per heavy atom. The van der Waals surface area contributed by atoms with E-state index in [1.165, 1.54) is 0 Å². The minimum atomic E-state index is 0.104. The van der Waals surface area contributed by atoms with Gasteiger partial charge in [-0.1, -0.05) is 12.2 Å². The SMILES string of the molecule is CN1CCC(N2CCN(CC(N)=S)CC2)C1=O. The summed E-state index contributed by atoms with van der Waals surface area (Å²) in [4.78, 5) is 18.8. The van der Waals surface area contributed by atoms with E-state index in [1.54, 1.807) is 0 Å². The van der Waals surface area contributed by atoms with Crippen LogP contribution in [0, 0.1) is 0 Å². The number of hydrogen-bond acceptors (Lipinski definition) is 4. The molecule has 96 valence electrons. The summed E-state index contributed by atoms with van der Waals surface area (Å²) in [7, 11) is 1.88. The van der Waals surface area contributed by atoms with E-state index in [-0.39, 0.29) is 11.9 Å². The summed E-state index contributed by atoms with van der Waals surface area (Å²) in [5, 5.41) is 0. The van der Waals surface area contributed by atoms with E-state index in [4.69, 9.17) is 18.0 Å². The standard InChI is InChI=1S/C11H20N4OS/c1-13-3-2-9(11(13)16)15-6-4-14(5-7-15)8-10(12)17/h9H,2-8H2,1H3,(H2,12,17). The van der Waals surface area contributed by atoms with Crippen molar-refractivity contribution in [3.63, 3.8) is 0 Å². The molecule has 2 saturated heterocycles. The second-order valence-corrected chi connectivity index (χ2v) is 5.37. The zero-order valence-corrected chi connectivity index (χ0v) is 11.1. The Hall–Kier alpha value is -0.720. The third-order valence-electron chi connectivity index (χ3n) is 3.63. The lowest BCUT2D eigenvalue weighted by molar-refractivity contribution is -0.131. The van der Waals surface area contributed by atoms with Crippen LogP contribution in [0.15, 0.2) is 0 Å². The van der Waals surface area contributed by atoms with Crippen molar-refractivity contribution in [1.29, 1.82) is 0 Å². The molecule has 0 radical (unpaired) electrons. The highest BCUT2D eigenvalue weighted by Crippen LogP contribution is 2.17. The molecule has 1 unspecified atom stereocenters. The van der Waals surface area contributed by atoms with E-state index in [0.29, 0.717) is 11.5 Å². The topological polar surface area (TPSA) is 52.8 Å². The van der Waals surface area contributed by atoms with Crippen molar-refractivity contribution in [2.75, 3.05) is 46.3 Å². The van der Waals surface area contributed by atoms with Crippen molar-refractivity contribution in [3.05, 3.63) is 0 Å². The Morgan fingerprint density at radius 1 is 1.35 bits per heavy atom. The summed E-state index contributed by atoms with van der Waals surface area (Å²) in [5.41, 5.74) is 5.54. The Bertz CT molecular complexity index is 315. The Balaban J connectivity index is 1.83. The molecule has 0 aromatic rings. The summed E-state index contributed by atoms with van der Waals surface area (Å²) in [6, 6.07) is 0.104.